The maximum absolute atomic E-state index is 13.1. The highest BCUT2D eigenvalue weighted by molar-refractivity contribution is 7.89. The lowest BCUT2D eigenvalue weighted by atomic mass is 10.2. The van der Waals surface area contributed by atoms with E-state index in [0.29, 0.717) is 5.69 Å². The Bertz CT molecular complexity index is 952. The van der Waals surface area contributed by atoms with Gasteiger partial charge in [-0.1, -0.05) is 36.4 Å². The topological polar surface area (TPSA) is 68.1 Å². The Hall–Kier alpha value is -2.51. The number of rotatable bonds is 6. The summed E-state index contributed by atoms with van der Waals surface area (Å²) in [6.07, 6.45) is 2.88. The summed E-state index contributed by atoms with van der Waals surface area (Å²) < 4.78 is 29.1. The lowest BCUT2D eigenvalue weighted by Crippen LogP contribution is -2.30. The van der Waals surface area contributed by atoms with Gasteiger partial charge >= 0.3 is 0 Å². The Balaban J connectivity index is 1.96. The first-order valence-corrected chi connectivity index (χ1v) is 9.34. The molecule has 0 aliphatic rings. The summed E-state index contributed by atoms with van der Waals surface area (Å²) in [5, 5.41) is 3.99. The van der Waals surface area contributed by atoms with Crippen molar-refractivity contribution in [1.29, 1.82) is 0 Å². The van der Waals surface area contributed by atoms with Crippen molar-refractivity contribution in [3.63, 3.8) is 0 Å². The van der Waals surface area contributed by atoms with Crippen LogP contribution in [0.5, 0.6) is 0 Å². The van der Waals surface area contributed by atoms with Gasteiger partial charge in [-0.2, -0.15) is 9.40 Å². The van der Waals surface area contributed by atoms with Crippen LogP contribution in [-0.2, 0) is 30.2 Å². The standard InChI is InChI=1S/C18H20N4O2S/c1-15-7-6-10-17(20-15)13-22(12-16-8-4-3-5-9-16)25(23,24)18-11-19-21(2)14-18/h3-11,14H,12-13H2,1-2H3. The predicted molar refractivity (Wildman–Crippen MR) is 95.1 cm³/mol. The number of nitrogens with zero attached hydrogens (tertiary/aromatic N) is 4. The molecule has 0 N–H and O–H groups in total. The van der Waals surface area contributed by atoms with E-state index in [1.807, 2.05) is 55.5 Å². The van der Waals surface area contributed by atoms with Gasteiger partial charge in [0, 0.05) is 25.5 Å². The van der Waals surface area contributed by atoms with Crippen LogP contribution in [0.2, 0.25) is 0 Å². The van der Waals surface area contributed by atoms with Gasteiger partial charge in [0.15, 0.2) is 0 Å². The third-order valence-electron chi connectivity index (χ3n) is 3.81. The van der Waals surface area contributed by atoms with Gasteiger partial charge in [0.25, 0.3) is 0 Å². The first kappa shape index (κ1) is 17.3. The Kier molecular flexibility index (Phi) is 4.96. The smallest absolute Gasteiger partial charge is 0.246 e. The molecular formula is C18H20N4O2S. The van der Waals surface area contributed by atoms with Gasteiger partial charge in [0.2, 0.25) is 10.0 Å². The van der Waals surface area contributed by atoms with Crippen molar-refractivity contribution in [1.82, 2.24) is 19.1 Å². The molecule has 0 unspecified atom stereocenters. The lowest BCUT2D eigenvalue weighted by Gasteiger charge is -2.21. The molecule has 0 bridgehead atoms. The molecule has 0 radical (unpaired) electrons. The largest absolute Gasteiger partial charge is 0.274 e. The average molecular weight is 356 g/mol. The molecule has 6 nitrogen and oxygen atoms in total. The Labute approximate surface area is 147 Å². The third-order valence-corrected chi connectivity index (χ3v) is 5.55. The van der Waals surface area contributed by atoms with Crippen LogP contribution in [0, 0.1) is 6.92 Å². The summed E-state index contributed by atoms with van der Waals surface area (Å²) >= 11 is 0. The minimum Gasteiger partial charge on any atom is -0.274 e. The number of pyridine rings is 1. The third kappa shape index (κ3) is 4.12. The number of hydrogen-bond donors (Lipinski definition) is 0. The van der Waals surface area contributed by atoms with Gasteiger partial charge < -0.3 is 0 Å². The van der Waals surface area contributed by atoms with Gasteiger partial charge in [-0.25, -0.2) is 8.42 Å². The van der Waals surface area contributed by atoms with Crippen LogP contribution < -0.4 is 0 Å². The summed E-state index contributed by atoms with van der Waals surface area (Å²) in [5.74, 6) is 0. The zero-order valence-corrected chi connectivity index (χ0v) is 15.0. The van der Waals surface area contributed by atoms with E-state index in [0.717, 1.165) is 11.3 Å². The van der Waals surface area contributed by atoms with Crippen LogP contribution in [-0.4, -0.2) is 27.5 Å². The molecule has 3 aromatic rings. The first-order chi connectivity index (χ1) is 11.9. The molecular weight excluding hydrogens is 336 g/mol. The summed E-state index contributed by atoms with van der Waals surface area (Å²) in [7, 11) is -1.98. The summed E-state index contributed by atoms with van der Waals surface area (Å²) in [6, 6.07) is 15.1. The molecule has 0 atom stereocenters. The van der Waals surface area contributed by atoms with E-state index in [9.17, 15) is 8.42 Å². The number of sulfonamides is 1. The van der Waals surface area contributed by atoms with Crippen LogP contribution in [0.3, 0.4) is 0 Å². The fourth-order valence-electron chi connectivity index (χ4n) is 2.56. The Morgan fingerprint density at radius 2 is 1.80 bits per heavy atom. The molecule has 0 spiro atoms. The predicted octanol–water partition coefficient (Wildman–Crippen LogP) is 2.51. The maximum atomic E-state index is 13.1. The zero-order valence-electron chi connectivity index (χ0n) is 14.2. The molecule has 25 heavy (non-hydrogen) atoms. The van der Waals surface area contributed by atoms with Crippen molar-refractivity contribution < 1.29 is 8.42 Å². The highest BCUT2D eigenvalue weighted by Gasteiger charge is 2.26. The van der Waals surface area contributed by atoms with Crippen molar-refractivity contribution in [2.75, 3.05) is 0 Å². The van der Waals surface area contributed by atoms with Gasteiger partial charge in [-0.15, -0.1) is 0 Å². The van der Waals surface area contributed by atoms with E-state index < -0.39 is 10.0 Å². The van der Waals surface area contributed by atoms with Gasteiger partial charge in [0.05, 0.1) is 18.4 Å². The highest BCUT2D eigenvalue weighted by atomic mass is 32.2. The van der Waals surface area contributed by atoms with Gasteiger partial charge in [0.1, 0.15) is 4.90 Å². The van der Waals surface area contributed by atoms with E-state index in [4.69, 9.17) is 0 Å². The summed E-state index contributed by atoms with van der Waals surface area (Å²) in [6.45, 7) is 2.36. The van der Waals surface area contributed by atoms with Crippen molar-refractivity contribution in [2.24, 2.45) is 7.05 Å². The molecule has 130 valence electrons. The minimum absolute atomic E-state index is 0.179. The van der Waals surface area contributed by atoms with Crippen LogP contribution in [0.1, 0.15) is 17.0 Å². The molecule has 0 aliphatic carbocycles. The summed E-state index contributed by atoms with van der Waals surface area (Å²) in [4.78, 5) is 4.62. The van der Waals surface area contributed by atoms with E-state index in [1.165, 1.54) is 21.4 Å². The van der Waals surface area contributed by atoms with Crippen LogP contribution in [0.25, 0.3) is 0 Å². The zero-order chi connectivity index (χ0) is 17.9. The molecule has 0 saturated heterocycles. The number of hydrogen-bond acceptors (Lipinski definition) is 4. The van der Waals surface area contributed by atoms with Gasteiger partial charge in [-0.3, -0.25) is 9.67 Å². The number of aryl methyl sites for hydroxylation is 2. The number of benzene rings is 1. The molecule has 1 aromatic carbocycles. The molecule has 7 heteroatoms. The Morgan fingerprint density at radius 1 is 1.04 bits per heavy atom. The Morgan fingerprint density at radius 3 is 2.44 bits per heavy atom. The van der Waals surface area contributed by atoms with Crippen molar-refractivity contribution in [3.8, 4) is 0 Å². The number of aromatic nitrogens is 3. The monoisotopic (exact) mass is 356 g/mol. The molecule has 3 rings (SSSR count). The van der Waals surface area contributed by atoms with Crippen molar-refractivity contribution in [3.05, 3.63) is 77.9 Å². The second-order valence-electron chi connectivity index (χ2n) is 5.88. The quantitative estimate of drug-likeness (QED) is 0.681. The first-order valence-electron chi connectivity index (χ1n) is 7.90. The SMILES string of the molecule is Cc1cccc(CN(Cc2ccccc2)S(=O)(=O)c2cnn(C)c2)n1. The van der Waals surface area contributed by atoms with E-state index >= 15 is 0 Å². The van der Waals surface area contributed by atoms with Crippen LogP contribution >= 0.6 is 0 Å². The van der Waals surface area contributed by atoms with Crippen molar-refractivity contribution in [2.45, 2.75) is 24.9 Å². The van der Waals surface area contributed by atoms with Crippen LogP contribution in [0.15, 0.2) is 65.8 Å². The van der Waals surface area contributed by atoms with E-state index in [-0.39, 0.29) is 18.0 Å². The average Bonchev–Trinajstić information content (AvgIpc) is 3.03. The van der Waals surface area contributed by atoms with E-state index in [2.05, 4.69) is 10.1 Å². The highest BCUT2D eigenvalue weighted by Crippen LogP contribution is 2.20. The molecule has 0 amide bonds. The second-order valence-corrected chi connectivity index (χ2v) is 7.82. The maximum Gasteiger partial charge on any atom is 0.246 e. The molecule has 0 aliphatic heterocycles. The van der Waals surface area contributed by atoms with Crippen molar-refractivity contribution >= 4 is 10.0 Å². The fraction of sp³-hybridized carbons (Fsp3) is 0.222. The van der Waals surface area contributed by atoms with Crippen LogP contribution in [0.4, 0.5) is 0 Å². The second kappa shape index (κ2) is 7.16. The molecule has 0 fully saturated rings. The normalized spacial score (nSPS) is 11.8. The lowest BCUT2D eigenvalue weighted by molar-refractivity contribution is 0.396. The fourth-order valence-corrected chi connectivity index (χ4v) is 3.95. The van der Waals surface area contributed by atoms with E-state index in [1.54, 1.807) is 7.05 Å². The van der Waals surface area contributed by atoms with Gasteiger partial charge in [-0.05, 0) is 24.6 Å². The summed E-state index contributed by atoms with van der Waals surface area (Å²) in [5.41, 5.74) is 2.49. The molecule has 2 heterocycles. The minimum atomic E-state index is -3.68. The molecule has 2 aromatic heterocycles. The molecule has 0 saturated carbocycles.